The molecule has 20 heavy (non-hydrogen) atoms. The van der Waals surface area contributed by atoms with E-state index in [1.807, 2.05) is 24.3 Å². The fourth-order valence-electron chi connectivity index (χ4n) is 1.95. The number of nitrogen functional groups attached to an aromatic ring is 1. The van der Waals surface area contributed by atoms with Crippen molar-refractivity contribution >= 4 is 17.3 Å². The number of aromatic hydroxyl groups is 1. The van der Waals surface area contributed by atoms with Gasteiger partial charge in [-0.25, -0.2) is 0 Å². The number of hydrogen-bond donors (Lipinski definition) is 2. The molecule has 0 atom stereocenters. The van der Waals surface area contributed by atoms with Crippen molar-refractivity contribution in [2.45, 2.75) is 12.8 Å². The van der Waals surface area contributed by atoms with Crippen LogP contribution in [0.25, 0.3) is 0 Å². The topological polar surface area (TPSA) is 66.6 Å². The van der Waals surface area contributed by atoms with Crippen LogP contribution >= 0.6 is 0 Å². The number of carbonyl (C=O) groups excluding carboxylic acids is 1. The van der Waals surface area contributed by atoms with Crippen molar-refractivity contribution in [3.05, 3.63) is 54.1 Å². The van der Waals surface area contributed by atoms with Gasteiger partial charge in [-0.1, -0.05) is 18.2 Å². The van der Waals surface area contributed by atoms with Crippen molar-refractivity contribution in [2.24, 2.45) is 0 Å². The lowest BCUT2D eigenvalue weighted by molar-refractivity contribution is -0.118. The van der Waals surface area contributed by atoms with E-state index < -0.39 is 0 Å². The smallest absolute Gasteiger partial charge is 0.227 e. The Labute approximate surface area is 118 Å². The first-order valence-electron chi connectivity index (χ1n) is 6.46. The molecule has 4 nitrogen and oxygen atoms in total. The summed E-state index contributed by atoms with van der Waals surface area (Å²) in [5, 5.41) is 9.43. The molecule has 0 radical (unpaired) electrons. The number of phenolic OH excluding ortho intramolecular Hbond substituents is 1. The second kappa shape index (κ2) is 6.10. The average Bonchev–Trinajstić information content (AvgIpc) is 2.45. The van der Waals surface area contributed by atoms with Crippen molar-refractivity contribution in [1.82, 2.24) is 0 Å². The molecule has 1 amide bonds. The predicted molar refractivity (Wildman–Crippen MR) is 80.7 cm³/mol. The van der Waals surface area contributed by atoms with Gasteiger partial charge in [-0.05, 0) is 36.2 Å². The fourth-order valence-corrected chi connectivity index (χ4v) is 1.95. The molecule has 0 saturated carbocycles. The van der Waals surface area contributed by atoms with Crippen LogP contribution in [-0.4, -0.2) is 18.1 Å². The second-order valence-electron chi connectivity index (χ2n) is 4.71. The highest BCUT2D eigenvalue weighted by atomic mass is 16.3. The van der Waals surface area contributed by atoms with Crippen LogP contribution < -0.4 is 10.6 Å². The Morgan fingerprint density at radius 2 is 1.90 bits per heavy atom. The van der Waals surface area contributed by atoms with E-state index in [0.29, 0.717) is 18.5 Å². The maximum atomic E-state index is 12.1. The normalized spacial score (nSPS) is 10.2. The van der Waals surface area contributed by atoms with Crippen LogP contribution in [-0.2, 0) is 11.2 Å². The van der Waals surface area contributed by atoms with Crippen molar-refractivity contribution in [1.29, 1.82) is 0 Å². The molecule has 0 aromatic heterocycles. The number of rotatable bonds is 4. The van der Waals surface area contributed by atoms with Crippen molar-refractivity contribution in [3.63, 3.8) is 0 Å². The standard InChI is InChI=1S/C16H18N2O2/c1-18(14-3-2-4-15(19)11-14)16(20)10-7-12-5-8-13(17)9-6-12/h2-6,8-9,11,19H,7,10,17H2,1H3. The largest absolute Gasteiger partial charge is 0.508 e. The molecule has 0 spiro atoms. The van der Waals surface area contributed by atoms with E-state index >= 15 is 0 Å². The zero-order valence-corrected chi connectivity index (χ0v) is 11.4. The number of nitrogens with two attached hydrogens (primary N) is 1. The first-order chi connectivity index (χ1) is 9.56. The monoisotopic (exact) mass is 270 g/mol. The first-order valence-corrected chi connectivity index (χ1v) is 6.46. The van der Waals surface area contributed by atoms with E-state index in [-0.39, 0.29) is 11.7 Å². The predicted octanol–water partition coefficient (Wildman–Crippen LogP) is 2.57. The van der Waals surface area contributed by atoms with E-state index in [4.69, 9.17) is 5.73 Å². The van der Waals surface area contributed by atoms with Gasteiger partial charge in [-0.3, -0.25) is 4.79 Å². The molecule has 0 heterocycles. The van der Waals surface area contributed by atoms with E-state index in [1.165, 1.54) is 0 Å². The van der Waals surface area contributed by atoms with E-state index in [0.717, 1.165) is 11.3 Å². The van der Waals surface area contributed by atoms with Crippen LogP contribution in [0.2, 0.25) is 0 Å². The minimum atomic E-state index is 0.00687. The molecule has 0 saturated heterocycles. The molecule has 0 aliphatic rings. The Hall–Kier alpha value is -2.49. The Kier molecular flexibility index (Phi) is 4.25. The number of anilines is 2. The molecule has 4 heteroatoms. The molecule has 2 aromatic rings. The summed E-state index contributed by atoms with van der Waals surface area (Å²) in [6.07, 6.45) is 1.08. The first kappa shape index (κ1) is 13.9. The summed E-state index contributed by atoms with van der Waals surface area (Å²) >= 11 is 0. The molecular weight excluding hydrogens is 252 g/mol. The van der Waals surface area contributed by atoms with Gasteiger partial charge in [0.2, 0.25) is 5.91 Å². The van der Waals surface area contributed by atoms with Gasteiger partial charge in [0.15, 0.2) is 0 Å². The second-order valence-corrected chi connectivity index (χ2v) is 4.71. The Bertz CT molecular complexity index is 594. The van der Waals surface area contributed by atoms with Crippen molar-refractivity contribution < 1.29 is 9.90 Å². The van der Waals surface area contributed by atoms with E-state index in [9.17, 15) is 9.90 Å². The molecule has 0 unspecified atom stereocenters. The van der Waals surface area contributed by atoms with E-state index in [1.54, 1.807) is 36.2 Å². The maximum absolute atomic E-state index is 12.1. The minimum Gasteiger partial charge on any atom is -0.508 e. The minimum absolute atomic E-state index is 0.00687. The highest BCUT2D eigenvalue weighted by molar-refractivity contribution is 5.93. The Morgan fingerprint density at radius 1 is 1.20 bits per heavy atom. The Morgan fingerprint density at radius 3 is 2.55 bits per heavy atom. The van der Waals surface area contributed by atoms with Gasteiger partial charge in [-0.15, -0.1) is 0 Å². The van der Waals surface area contributed by atoms with Gasteiger partial charge < -0.3 is 15.7 Å². The number of aryl methyl sites for hydroxylation is 1. The average molecular weight is 270 g/mol. The lowest BCUT2D eigenvalue weighted by Crippen LogP contribution is -2.26. The summed E-state index contributed by atoms with van der Waals surface area (Å²) < 4.78 is 0. The van der Waals surface area contributed by atoms with Crippen LogP contribution in [0, 0.1) is 0 Å². The maximum Gasteiger partial charge on any atom is 0.227 e. The third kappa shape index (κ3) is 3.51. The van der Waals surface area contributed by atoms with Crippen LogP contribution in [0.5, 0.6) is 5.75 Å². The van der Waals surface area contributed by atoms with Gasteiger partial charge in [0.25, 0.3) is 0 Å². The summed E-state index contributed by atoms with van der Waals surface area (Å²) in [6.45, 7) is 0. The number of carbonyl (C=O) groups is 1. The molecule has 2 aromatic carbocycles. The van der Waals surface area contributed by atoms with Crippen LogP contribution in [0.4, 0.5) is 11.4 Å². The molecule has 104 valence electrons. The van der Waals surface area contributed by atoms with Crippen LogP contribution in [0.1, 0.15) is 12.0 Å². The number of amides is 1. The summed E-state index contributed by atoms with van der Waals surface area (Å²) in [5.74, 6) is 0.160. The van der Waals surface area contributed by atoms with Gasteiger partial charge in [0.05, 0.1) is 0 Å². The molecular formula is C16H18N2O2. The summed E-state index contributed by atoms with van der Waals surface area (Å²) in [6, 6.07) is 14.2. The number of benzene rings is 2. The fraction of sp³-hybridized carbons (Fsp3) is 0.188. The van der Waals surface area contributed by atoms with Crippen LogP contribution in [0.3, 0.4) is 0 Å². The SMILES string of the molecule is CN(C(=O)CCc1ccc(N)cc1)c1cccc(O)c1. The van der Waals surface area contributed by atoms with E-state index in [2.05, 4.69) is 0 Å². The van der Waals surface area contributed by atoms with Gasteiger partial charge >= 0.3 is 0 Å². The molecule has 3 N–H and O–H groups in total. The third-order valence-electron chi connectivity index (χ3n) is 3.20. The number of phenols is 1. The van der Waals surface area contributed by atoms with Gasteiger partial charge in [-0.2, -0.15) is 0 Å². The lowest BCUT2D eigenvalue weighted by atomic mass is 10.1. The van der Waals surface area contributed by atoms with Crippen LogP contribution in [0.15, 0.2) is 48.5 Å². The highest BCUT2D eigenvalue weighted by Gasteiger charge is 2.11. The van der Waals surface area contributed by atoms with Crippen molar-refractivity contribution in [3.8, 4) is 5.75 Å². The third-order valence-corrected chi connectivity index (χ3v) is 3.20. The van der Waals surface area contributed by atoms with Gasteiger partial charge in [0.1, 0.15) is 5.75 Å². The molecule has 0 bridgehead atoms. The Balaban J connectivity index is 1.96. The lowest BCUT2D eigenvalue weighted by Gasteiger charge is -2.17. The number of nitrogens with zero attached hydrogens (tertiary/aromatic N) is 1. The molecule has 2 rings (SSSR count). The summed E-state index contributed by atoms with van der Waals surface area (Å²) in [5.41, 5.74) is 8.11. The summed E-state index contributed by atoms with van der Waals surface area (Å²) in [4.78, 5) is 13.7. The summed E-state index contributed by atoms with van der Waals surface area (Å²) in [7, 11) is 1.71. The number of hydrogen-bond acceptors (Lipinski definition) is 3. The van der Waals surface area contributed by atoms with Crippen molar-refractivity contribution in [2.75, 3.05) is 17.7 Å². The quantitative estimate of drug-likeness (QED) is 0.839. The zero-order valence-electron chi connectivity index (χ0n) is 11.4. The molecule has 0 fully saturated rings. The zero-order chi connectivity index (χ0) is 14.5. The molecule has 0 aliphatic heterocycles. The molecule has 0 aliphatic carbocycles. The van der Waals surface area contributed by atoms with Gasteiger partial charge in [0, 0.05) is 30.9 Å². The highest BCUT2D eigenvalue weighted by Crippen LogP contribution is 2.19.